The van der Waals surface area contributed by atoms with Gasteiger partial charge in [0, 0.05) is 12.1 Å². The number of para-hydroxylation sites is 1. The van der Waals surface area contributed by atoms with Crippen LogP contribution < -0.4 is 9.47 Å². The van der Waals surface area contributed by atoms with Crippen molar-refractivity contribution in [2.75, 3.05) is 0 Å². The molecule has 0 N–H and O–H groups in total. The summed E-state index contributed by atoms with van der Waals surface area (Å²) in [5, 5.41) is 10.7. The number of benzene rings is 2. The number of carbonyl (C=O) groups is 1. The average Bonchev–Trinajstić information content (AvgIpc) is 2.54. The molecule has 0 unspecified atom stereocenters. The number of nitro groups is 1. The SMILES string of the molecule is CC(C)c1cccc(C(C)C)c1OC(=O)Oc1ccc([N+](=O)[O-])cc1. The molecule has 0 fully saturated rings. The van der Waals surface area contributed by atoms with E-state index in [0.29, 0.717) is 5.75 Å². The Bertz CT molecular complexity index is 740. The predicted octanol–water partition coefficient (Wildman–Crippen LogP) is 5.42. The standard InChI is InChI=1S/C19H21NO5/c1-12(2)16-6-5-7-17(13(3)4)18(16)25-19(21)24-15-10-8-14(9-11-15)20(22)23/h5-13H,1-4H3. The van der Waals surface area contributed by atoms with Crippen molar-refractivity contribution in [3.63, 3.8) is 0 Å². The largest absolute Gasteiger partial charge is 0.519 e. The second-order valence-electron chi connectivity index (χ2n) is 6.28. The molecule has 0 bridgehead atoms. The van der Waals surface area contributed by atoms with Gasteiger partial charge in [-0.25, -0.2) is 4.79 Å². The molecule has 0 aliphatic carbocycles. The van der Waals surface area contributed by atoms with Gasteiger partial charge in [0.05, 0.1) is 4.92 Å². The molecule has 0 aliphatic heterocycles. The first-order valence-corrected chi connectivity index (χ1v) is 8.06. The molecular weight excluding hydrogens is 322 g/mol. The maximum Gasteiger partial charge on any atom is 0.519 e. The van der Waals surface area contributed by atoms with E-state index in [4.69, 9.17) is 9.47 Å². The minimum Gasteiger partial charge on any atom is -0.395 e. The van der Waals surface area contributed by atoms with Gasteiger partial charge in [0.15, 0.2) is 0 Å². The summed E-state index contributed by atoms with van der Waals surface area (Å²) in [6, 6.07) is 11.0. The fraction of sp³-hybridized carbons (Fsp3) is 0.316. The number of non-ortho nitro benzene ring substituents is 1. The highest BCUT2D eigenvalue weighted by molar-refractivity contribution is 5.69. The van der Waals surface area contributed by atoms with Crippen molar-refractivity contribution < 1.29 is 19.2 Å². The first kappa shape index (κ1) is 18.4. The third-order valence-electron chi connectivity index (χ3n) is 3.75. The normalized spacial score (nSPS) is 10.8. The Labute approximate surface area is 146 Å². The van der Waals surface area contributed by atoms with Crippen LogP contribution in [0.4, 0.5) is 10.5 Å². The van der Waals surface area contributed by atoms with E-state index in [1.54, 1.807) is 0 Å². The van der Waals surface area contributed by atoms with E-state index in [1.165, 1.54) is 24.3 Å². The van der Waals surface area contributed by atoms with Crippen molar-refractivity contribution in [3.05, 3.63) is 63.7 Å². The van der Waals surface area contributed by atoms with Crippen molar-refractivity contribution in [1.29, 1.82) is 0 Å². The smallest absolute Gasteiger partial charge is 0.395 e. The molecule has 0 saturated carbocycles. The molecule has 6 heteroatoms. The molecule has 0 heterocycles. The lowest BCUT2D eigenvalue weighted by molar-refractivity contribution is -0.384. The quantitative estimate of drug-likeness (QED) is 0.313. The Kier molecular flexibility index (Phi) is 5.75. The van der Waals surface area contributed by atoms with E-state index >= 15 is 0 Å². The van der Waals surface area contributed by atoms with Crippen LogP contribution in [-0.2, 0) is 0 Å². The van der Waals surface area contributed by atoms with Gasteiger partial charge >= 0.3 is 6.16 Å². The van der Waals surface area contributed by atoms with Gasteiger partial charge in [-0.15, -0.1) is 0 Å². The van der Waals surface area contributed by atoms with Gasteiger partial charge in [-0.3, -0.25) is 10.1 Å². The van der Waals surface area contributed by atoms with Crippen LogP contribution in [0.25, 0.3) is 0 Å². The minimum atomic E-state index is -0.871. The fourth-order valence-electron chi connectivity index (χ4n) is 2.44. The molecule has 2 aromatic carbocycles. The van der Waals surface area contributed by atoms with Crippen molar-refractivity contribution in [2.24, 2.45) is 0 Å². The highest BCUT2D eigenvalue weighted by atomic mass is 16.7. The molecule has 0 aliphatic rings. The van der Waals surface area contributed by atoms with Crippen LogP contribution in [0.3, 0.4) is 0 Å². The number of nitrogens with zero attached hydrogens (tertiary/aromatic N) is 1. The number of hydrogen-bond donors (Lipinski definition) is 0. The highest BCUT2D eigenvalue weighted by Crippen LogP contribution is 2.34. The topological polar surface area (TPSA) is 78.7 Å². The van der Waals surface area contributed by atoms with Gasteiger partial charge in [-0.1, -0.05) is 45.9 Å². The maximum absolute atomic E-state index is 12.2. The lowest BCUT2D eigenvalue weighted by Gasteiger charge is -2.18. The van der Waals surface area contributed by atoms with Gasteiger partial charge in [-0.05, 0) is 35.1 Å². The van der Waals surface area contributed by atoms with E-state index in [1.807, 2.05) is 45.9 Å². The number of hydrogen-bond acceptors (Lipinski definition) is 5. The van der Waals surface area contributed by atoms with Gasteiger partial charge in [0.2, 0.25) is 0 Å². The second-order valence-corrected chi connectivity index (χ2v) is 6.28. The van der Waals surface area contributed by atoms with Crippen molar-refractivity contribution in [3.8, 4) is 11.5 Å². The molecule has 0 amide bonds. The number of carbonyl (C=O) groups excluding carboxylic acids is 1. The average molecular weight is 343 g/mol. The van der Waals surface area contributed by atoms with Crippen LogP contribution in [0.2, 0.25) is 0 Å². The zero-order chi connectivity index (χ0) is 18.6. The first-order chi connectivity index (χ1) is 11.8. The maximum atomic E-state index is 12.2. The molecule has 0 saturated heterocycles. The Hall–Kier alpha value is -2.89. The van der Waals surface area contributed by atoms with Crippen LogP contribution in [0, 0.1) is 10.1 Å². The van der Waals surface area contributed by atoms with Gasteiger partial charge < -0.3 is 9.47 Å². The lowest BCUT2D eigenvalue weighted by Crippen LogP contribution is -2.16. The molecular formula is C19H21NO5. The van der Waals surface area contributed by atoms with Crippen molar-refractivity contribution in [2.45, 2.75) is 39.5 Å². The molecule has 2 rings (SSSR count). The molecule has 0 spiro atoms. The lowest BCUT2D eigenvalue weighted by atomic mass is 9.94. The Morgan fingerprint density at radius 2 is 1.44 bits per heavy atom. The van der Waals surface area contributed by atoms with E-state index in [0.717, 1.165) is 11.1 Å². The van der Waals surface area contributed by atoms with Crippen LogP contribution in [0.1, 0.15) is 50.7 Å². The third kappa shape index (κ3) is 4.56. The minimum absolute atomic E-state index is 0.0760. The van der Waals surface area contributed by atoms with E-state index in [9.17, 15) is 14.9 Å². The summed E-state index contributed by atoms with van der Waals surface area (Å²) in [4.78, 5) is 22.3. The van der Waals surface area contributed by atoms with Gasteiger partial charge in [0.1, 0.15) is 11.5 Å². The predicted molar refractivity (Wildman–Crippen MR) is 94.4 cm³/mol. The van der Waals surface area contributed by atoms with Crippen molar-refractivity contribution >= 4 is 11.8 Å². The zero-order valence-electron chi connectivity index (χ0n) is 14.7. The first-order valence-electron chi connectivity index (χ1n) is 8.06. The van der Waals surface area contributed by atoms with E-state index in [2.05, 4.69) is 0 Å². The summed E-state index contributed by atoms with van der Waals surface area (Å²) in [7, 11) is 0. The molecule has 2 aromatic rings. The second kappa shape index (κ2) is 7.79. The monoisotopic (exact) mass is 343 g/mol. The third-order valence-corrected chi connectivity index (χ3v) is 3.75. The number of rotatable bonds is 5. The van der Waals surface area contributed by atoms with Crippen LogP contribution in [-0.4, -0.2) is 11.1 Å². The van der Waals surface area contributed by atoms with E-state index < -0.39 is 11.1 Å². The van der Waals surface area contributed by atoms with Gasteiger partial charge in [0.25, 0.3) is 5.69 Å². The molecule has 132 valence electrons. The van der Waals surface area contributed by atoms with Crippen LogP contribution >= 0.6 is 0 Å². The summed E-state index contributed by atoms with van der Waals surface area (Å²) in [6.07, 6.45) is -0.871. The molecule has 0 atom stereocenters. The summed E-state index contributed by atoms with van der Waals surface area (Å²) in [5.74, 6) is 1.06. The molecule has 0 aromatic heterocycles. The van der Waals surface area contributed by atoms with Gasteiger partial charge in [-0.2, -0.15) is 0 Å². The van der Waals surface area contributed by atoms with E-state index in [-0.39, 0.29) is 23.3 Å². The number of nitro benzene ring substituents is 1. The van der Waals surface area contributed by atoms with Crippen LogP contribution in [0.15, 0.2) is 42.5 Å². The number of ether oxygens (including phenoxy) is 2. The fourth-order valence-corrected chi connectivity index (χ4v) is 2.44. The molecule has 25 heavy (non-hydrogen) atoms. The molecule has 6 nitrogen and oxygen atoms in total. The molecule has 0 radical (unpaired) electrons. The Morgan fingerprint density at radius 1 is 0.920 bits per heavy atom. The zero-order valence-corrected chi connectivity index (χ0v) is 14.7. The van der Waals surface area contributed by atoms with Crippen LogP contribution in [0.5, 0.6) is 11.5 Å². The summed E-state index contributed by atoms with van der Waals surface area (Å²) in [6.45, 7) is 8.09. The van der Waals surface area contributed by atoms with Crippen molar-refractivity contribution in [1.82, 2.24) is 0 Å². The summed E-state index contributed by atoms with van der Waals surface area (Å²) >= 11 is 0. The Balaban J connectivity index is 2.21. The summed E-state index contributed by atoms with van der Waals surface area (Å²) < 4.78 is 10.6. The Morgan fingerprint density at radius 3 is 1.88 bits per heavy atom. The highest BCUT2D eigenvalue weighted by Gasteiger charge is 2.19. The summed E-state index contributed by atoms with van der Waals surface area (Å²) in [5.41, 5.74) is 1.77.